The van der Waals surface area contributed by atoms with Crippen LogP contribution in [-0.4, -0.2) is 27.9 Å². The van der Waals surface area contributed by atoms with Crippen LogP contribution in [0.25, 0.3) is 0 Å². The number of hydrogen-bond donors (Lipinski definition) is 0. The van der Waals surface area contributed by atoms with E-state index >= 15 is 0 Å². The molecule has 0 aliphatic carbocycles. The maximum atomic E-state index is 14.5. The monoisotopic (exact) mass is 390 g/mol. The molecule has 116 valence electrons. The van der Waals surface area contributed by atoms with Gasteiger partial charge in [-0.15, -0.1) is 0 Å². The fourth-order valence-corrected chi connectivity index (χ4v) is 18.7. The third-order valence-corrected chi connectivity index (χ3v) is 19.4. The van der Waals surface area contributed by atoms with Crippen LogP contribution in [0.1, 0.15) is 59.3 Å². The quantitative estimate of drug-likeness (QED) is 0.535. The van der Waals surface area contributed by atoms with E-state index in [1.165, 1.54) is 51.8 Å². The molecule has 0 saturated heterocycles. The van der Waals surface area contributed by atoms with Gasteiger partial charge in [0.1, 0.15) is 0 Å². The summed E-state index contributed by atoms with van der Waals surface area (Å²) in [4.78, 5) is 4.53. The summed E-state index contributed by atoms with van der Waals surface area (Å²) in [6.45, 7) is 6.72. The first-order chi connectivity index (χ1) is 9.61. The van der Waals surface area contributed by atoms with Crippen molar-refractivity contribution < 1.29 is 4.39 Å². The first-order valence-electron chi connectivity index (χ1n) is 8.28. The van der Waals surface area contributed by atoms with Crippen LogP contribution in [-0.2, 0) is 7.05 Å². The van der Waals surface area contributed by atoms with E-state index in [0.29, 0.717) is 0 Å². The Bertz CT molecular complexity index is 368. The zero-order chi connectivity index (χ0) is 15.0. The zero-order valence-corrected chi connectivity index (χ0v) is 16.6. The van der Waals surface area contributed by atoms with E-state index in [0.717, 1.165) is 3.71 Å². The molecule has 20 heavy (non-hydrogen) atoms. The molecule has 0 fully saturated rings. The Labute approximate surface area is 128 Å². The number of imidazole rings is 1. The molecular formula is C16H31FN2Sn. The maximum absolute atomic E-state index is 14.5. The second-order valence-corrected chi connectivity index (χ2v) is 19.0. The first kappa shape index (κ1) is 18.0. The van der Waals surface area contributed by atoms with Crippen LogP contribution >= 0.6 is 0 Å². The summed E-state index contributed by atoms with van der Waals surface area (Å²) in [5.74, 6) is -0.0379. The number of aryl methyl sites for hydroxylation is 1. The number of rotatable bonds is 10. The molecule has 4 heteroatoms. The molecule has 0 saturated carbocycles. The Kier molecular flexibility index (Phi) is 8.15. The molecule has 2 nitrogen and oxygen atoms in total. The Morgan fingerprint density at radius 2 is 1.45 bits per heavy atom. The van der Waals surface area contributed by atoms with Crippen LogP contribution < -0.4 is 3.71 Å². The first-order valence-corrected chi connectivity index (χ1v) is 15.8. The van der Waals surface area contributed by atoms with E-state index in [9.17, 15) is 4.39 Å². The Morgan fingerprint density at radius 1 is 1.00 bits per heavy atom. The van der Waals surface area contributed by atoms with Crippen molar-refractivity contribution in [2.75, 3.05) is 0 Å². The molecule has 0 N–H and O–H groups in total. The molecule has 0 aromatic carbocycles. The average Bonchev–Trinajstić information content (AvgIpc) is 2.79. The van der Waals surface area contributed by atoms with Crippen molar-refractivity contribution in [3.8, 4) is 0 Å². The van der Waals surface area contributed by atoms with Gasteiger partial charge in [0.05, 0.1) is 0 Å². The SMILES string of the molecule is CCC[CH2][Sn]([CH2]CCC)([CH2]CCC)[c]1ncn(C)c1F. The molecule has 0 aliphatic heterocycles. The summed E-state index contributed by atoms with van der Waals surface area (Å²) in [7, 11) is 1.78. The number of aromatic nitrogens is 2. The summed E-state index contributed by atoms with van der Waals surface area (Å²) in [6.07, 6.45) is 9.07. The van der Waals surface area contributed by atoms with Gasteiger partial charge in [-0.25, -0.2) is 0 Å². The van der Waals surface area contributed by atoms with Gasteiger partial charge in [0, 0.05) is 0 Å². The summed E-state index contributed by atoms with van der Waals surface area (Å²) in [5.41, 5.74) is 0. The van der Waals surface area contributed by atoms with Crippen LogP contribution in [0.4, 0.5) is 4.39 Å². The minimum absolute atomic E-state index is 0.0379. The molecule has 1 rings (SSSR count). The summed E-state index contributed by atoms with van der Waals surface area (Å²) in [6, 6.07) is 0. The van der Waals surface area contributed by atoms with E-state index in [2.05, 4.69) is 25.8 Å². The Balaban J connectivity index is 3.08. The van der Waals surface area contributed by atoms with E-state index in [1.807, 2.05) is 0 Å². The molecule has 1 aromatic heterocycles. The van der Waals surface area contributed by atoms with Gasteiger partial charge in [0.25, 0.3) is 0 Å². The number of hydrogen-bond acceptors (Lipinski definition) is 1. The second kappa shape index (κ2) is 9.06. The van der Waals surface area contributed by atoms with Gasteiger partial charge in [-0.05, 0) is 0 Å². The summed E-state index contributed by atoms with van der Waals surface area (Å²) < 4.78 is 20.8. The van der Waals surface area contributed by atoms with Gasteiger partial charge in [-0.1, -0.05) is 0 Å². The van der Waals surface area contributed by atoms with Crippen LogP contribution in [0.5, 0.6) is 0 Å². The number of nitrogens with zero attached hydrogens (tertiary/aromatic N) is 2. The van der Waals surface area contributed by atoms with Crippen molar-refractivity contribution in [2.24, 2.45) is 7.05 Å². The normalized spacial score (nSPS) is 12.1. The van der Waals surface area contributed by atoms with E-state index in [4.69, 9.17) is 0 Å². The summed E-state index contributed by atoms with van der Waals surface area (Å²) >= 11 is -2.64. The van der Waals surface area contributed by atoms with Crippen molar-refractivity contribution in [1.29, 1.82) is 0 Å². The van der Waals surface area contributed by atoms with Crippen molar-refractivity contribution >= 4 is 22.1 Å². The van der Waals surface area contributed by atoms with Crippen LogP contribution in [0.3, 0.4) is 0 Å². The van der Waals surface area contributed by atoms with E-state index < -0.39 is 18.4 Å². The fraction of sp³-hybridized carbons (Fsp3) is 0.812. The van der Waals surface area contributed by atoms with Gasteiger partial charge in [-0.2, -0.15) is 0 Å². The fourth-order valence-electron chi connectivity index (χ4n) is 3.05. The minimum atomic E-state index is -2.64. The standard InChI is InChI=1S/C4H4FN2.3C4H9.Sn/c1-7-3-6-2-4(7)5;3*1-3-4-2;/h3H,1H3;3*1,3-4H2,2H3;. The summed E-state index contributed by atoms with van der Waals surface area (Å²) in [5, 5.41) is 0. The molecule has 0 aliphatic rings. The van der Waals surface area contributed by atoms with Crippen LogP contribution in [0.15, 0.2) is 6.33 Å². The number of unbranched alkanes of at least 4 members (excludes halogenated alkanes) is 3. The Hall–Kier alpha value is -0.0613. The van der Waals surface area contributed by atoms with Crippen molar-refractivity contribution in [2.45, 2.75) is 72.6 Å². The van der Waals surface area contributed by atoms with Gasteiger partial charge >= 0.3 is 128 Å². The zero-order valence-electron chi connectivity index (χ0n) is 13.7. The molecule has 0 atom stereocenters. The third kappa shape index (κ3) is 4.47. The molecule has 0 unspecified atom stereocenters. The molecule has 1 heterocycles. The van der Waals surface area contributed by atoms with Gasteiger partial charge < -0.3 is 0 Å². The molecular weight excluding hydrogens is 358 g/mol. The second-order valence-electron chi connectivity index (χ2n) is 6.09. The topological polar surface area (TPSA) is 17.8 Å². The molecule has 0 amide bonds. The third-order valence-electron chi connectivity index (χ3n) is 4.39. The van der Waals surface area contributed by atoms with Crippen molar-refractivity contribution in [3.63, 3.8) is 0 Å². The van der Waals surface area contributed by atoms with Crippen LogP contribution in [0, 0.1) is 5.95 Å². The van der Waals surface area contributed by atoms with Crippen LogP contribution in [0.2, 0.25) is 13.3 Å². The van der Waals surface area contributed by atoms with E-state index in [-0.39, 0.29) is 5.95 Å². The van der Waals surface area contributed by atoms with E-state index in [1.54, 1.807) is 17.9 Å². The Morgan fingerprint density at radius 3 is 1.75 bits per heavy atom. The van der Waals surface area contributed by atoms with Gasteiger partial charge in [0.15, 0.2) is 0 Å². The van der Waals surface area contributed by atoms with Gasteiger partial charge in [-0.3, -0.25) is 0 Å². The number of halogens is 1. The average molecular weight is 389 g/mol. The molecule has 0 spiro atoms. The van der Waals surface area contributed by atoms with Gasteiger partial charge in [0.2, 0.25) is 0 Å². The predicted octanol–water partition coefficient (Wildman–Crippen LogP) is 4.62. The molecule has 0 radical (unpaired) electrons. The predicted molar refractivity (Wildman–Crippen MR) is 87.7 cm³/mol. The molecule has 1 aromatic rings. The van der Waals surface area contributed by atoms with Crippen molar-refractivity contribution in [3.05, 3.63) is 12.3 Å². The molecule has 0 bridgehead atoms. The van der Waals surface area contributed by atoms with Crippen molar-refractivity contribution in [1.82, 2.24) is 9.55 Å².